The molecule has 2 aliphatic carbocycles. The van der Waals surface area contributed by atoms with Crippen molar-refractivity contribution in [3.05, 3.63) is 29.8 Å². The van der Waals surface area contributed by atoms with Crippen molar-refractivity contribution < 1.29 is 14.7 Å². The summed E-state index contributed by atoms with van der Waals surface area (Å²) in [5.41, 5.74) is 1.51. The average molecular weight is 273 g/mol. The fraction of sp³-hybridized carbons (Fsp3) is 0.500. The van der Waals surface area contributed by atoms with E-state index in [1.54, 1.807) is 24.3 Å². The first-order chi connectivity index (χ1) is 9.63. The smallest absolute Gasteiger partial charge is 0.307 e. The lowest BCUT2D eigenvalue weighted by molar-refractivity contribution is -0.136. The van der Waals surface area contributed by atoms with Crippen LogP contribution in [0.25, 0.3) is 0 Å². The molecule has 0 aliphatic heterocycles. The van der Waals surface area contributed by atoms with Crippen LogP contribution in [0.5, 0.6) is 0 Å². The number of carbonyl (C=O) groups is 2. The van der Waals surface area contributed by atoms with Gasteiger partial charge in [0.2, 0.25) is 5.91 Å². The van der Waals surface area contributed by atoms with Crippen LogP contribution in [-0.2, 0) is 16.0 Å². The third-order valence-electron chi connectivity index (χ3n) is 4.14. The molecule has 0 bridgehead atoms. The maximum Gasteiger partial charge on any atom is 0.307 e. The van der Waals surface area contributed by atoms with E-state index >= 15 is 0 Å². The number of anilines is 1. The number of rotatable bonds is 6. The molecule has 0 spiro atoms. The molecule has 1 aromatic rings. The molecule has 0 radical (unpaired) electrons. The largest absolute Gasteiger partial charge is 0.481 e. The van der Waals surface area contributed by atoms with Crippen molar-refractivity contribution in [2.45, 2.75) is 32.1 Å². The van der Waals surface area contributed by atoms with Gasteiger partial charge in [-0.1, -0.05) is 12.1 Å². The fourth-order valence-electron chi connectivity index (χ4n) is 2.83. The fourth-order valence-corrected chi connectivity index (χ4v) is 2.83. The number of amides is 1. The molecule has 4 heteroatoms. The molecule has 2 N–H and O–H groups in total. The Kier molecular flexibility index (Phi) is 3.47. The van der Waals surface area contributed by atoms with Crippen molar-refractivity contribution in [1.29, 1.82) is 0 Å². The highest BCUT2D eigenvalue weighted by Gasteiger charge is 2.45. The highest BCUT2D eigenvalue weighted by atomic mass is 16.4. The summed E-state index contributed by atoms with van der Waals surface area (Å²) < 4.78 is 0. The van der Waals surface area contributed by atoms with E-state index in [-0.39, 0.29) is 18.2 Å². The predicted octanol–water partition coefficient (Wildman–Crippen LogP) is 2.69. The molecule has 2 saturated carbocycles. The van der Waals surface area contributed by atoms with Crippen LogP contribution >= 0.6 is 0 Å². The standard InChI is InChI=1S/C16H19NO3/c18-14(19)9-10-1-7-13(8-2-10)17-16(20)15(11-3-4-11)12-5-6-12/h1-2,7-8,11-12,15H,3-6,9H2,(H,17,20)(H,18,19). The van der Waals surface area contributed by atoms with Crippen LogP contribution in [-0.4, -0.2) is 17.0 Å². The van der Waals surface area contributed by atoms with Crippen LogP contribution in [0, 0.1) is 17.8 Å². The normalized spacial score (nSPS) is 18.1. The van der Waals surface area contributed by atoms with Crippen LogP contribution in [0.1, 0.15) is 31.2 Å². The van der Waals surface area contributed by atoms with Crippen LogP contribution in [0.3, 0.4) is 0 Å². The number of carbonyl (C=O) groups excluding carboxylic acids is 1. The molecule has 0 aromatic heterocycles. The molecule has 1 aromatic carbocycles. The highest BCUT2D eigenvalue weighted by molar-refractivity contribution is 5.93. The minimum absolute atomic E-state index is 0.0149. The minimum Gasteiger partial charge on any atom is -0.481 e. The molecule has 0 heterocycles. The lowest BCUT2D eigenvalue weighted by atomic mass is 9.97. The van der Waals surface area contributed by atoms with E-state index in [2.05, 4.69) is 5.32 Å². The van der Waals surface area contributed by atoms with Gasteiger partial charge in [0.25, 0.3) is 0 Å². The molecule has 0 saturated heterocycles. The number of nitrogens with one attached hydrogen (secondary N) is 1. The van der Waals surface area contributed by atoms with Crippen molar-refractivity contribution in [3.8, 4) is 0 Å². The third-order valence-corrected chi connectivity index (χ3v) is 4.14. The number of hydrogen-bond donors (Lipinski definition) is 2. The van der Waals surface area contributed by atoms with Gasteiger partial charge >= 0.3 is 5.97 Å². The van der Waals surface area contributed by atoms with Gasteiger partial charge in [-0.3, -0.25) is 9.59 Å². The van der Waals surface area contributed by atoms with E-state index < -0.39 is 5.97 Å². The first-order valence-corrected chi connectivity index (χ1v) is 7.25. The maximum absolute atomic E-state index is 12.3. The van der Waals surface area contributed by atoms with Crippen LogP contribution in [0.2, 0.25) is 0 Å². The van der Waals surface area contributed by atoms with Gasteiger partial charge in [-0.15, -0.1) is 0 Å². The van der Waals surface area contributed by atoms with E-state index in [0.29, 0.717) is 11.8 Å². The number of carboxylic acid groups (broad SMARTS) is 1. The Balaban J connectivity index is 1.61. The zero-order chi connectivity index (χ0) is 14.1. The van der Waals surface area contributed by atoms with Gasteiger partial charge in [-0.25, -0.2) is 0 Å². The zero-order valence-electron chi connectivity index (χ0n) is 11.3. The van der Waals surface area contributed by atoms with Crippen LogP contribution in [0.4, 0.5) is 5.69 Å². The minimum atomic E-state index is -0.843. The topological polar surface area (TPSA) is 66.4 Å². The highest BCUT2D eigenvalue weighted by Crippen LogP contribution is 2.49. The van der Waals surface area contributed by atoms with Gasteiger partial charge in [0.1, 0.15) is 0 Å². The van der Waals surface area contributed by atoms with E-state index in [9.17, 15) is 9.59 Å². The number of benzene rings is 1. The molecular formula is C16H19NO3. The Labute approximate surface area is 118 Å². The molecule has 1 amide bonds. The van der Waals surface area contributed by atoms with Crippen molar-refractivity contribution in [2.75, 3.05) is 5.32 Å². The maximum atomic E-state index is 12.3. The summed E-state index contributed by atoms with van der Waals surface area (Å²) in [5, 5.41) is 11.7. The Morgan fingerprint density at radius 3 is 2.10 bits per heavy atom. The van der Waals surface area contributed by atoms with Crippen molar-refractivity contribution in [1.82, 2.24) is 0 Å². The molecular weight excluding hydrogens is 254 g/mol. The van der Waals surface area contributed by atoms with E-state index in [0.717, 1.165) is 11.3 Å². The molecule has 20 heavy (non-hydrogen) atoms. The molecule has 0 unspecified atom stereocenters. The summed E-state index contributed by atoms with van der Waals surface area (Å²) in [5.74, 6) is 0.668. The summed E-state index contributed by atoms with van der Waals surface area (Å²) in [6.07, 6.45) is 4.76. The molecule has 3 rings (SSSR count). The quantitative estimate of drug-likeness (QED) is 0.837. The monoisotopic (exact) mass is 273 g/mol. The SMILES string of the molecule is O=C(O)Cc1ccc(NC(=O)C(C2CC2)C2CC2)cc1. The molecule has 0 atom stereocenters. The average Bonchev–Trinajstić information content (AvgIpc) is 3.24. The Morgan fingerprint density at radius 1 is 1.10 bits per heavy atom. The molecule has 2 fully saturated rings. The summed E-state index contributed by atoms with van der Waals surface area (Å²) in [6, 6.07) is 7.08. The second kappa shape index (κ2) is 5.27. The lowest BCUT2D eigenvalue weighted by Gasteiger charge is -2.15. The number of carboxylic acids is 1. The second-order valence-corrected chi connectivity index (χ2v) is 5.96. The third kappa shape index (κ3) is 3.18. The van der Waals surface area contributed by atoms with Crippen LogP contribution < -0.4 is 5.32 Å². The van der Waals surface area contributed by atoms with Gasteiger partial charge in [0.15, 0.2) is 0 Å². The summed E-state index contributed by atoms with van der Waals surface area (Å²) in [6.45, 7) is 0. The Bertz CT molecular complexity index is 503. The Morgan fingerprint density at radius 2 is 1.65 bits per heavy atom. The zero-order valence-corrected chi connectivity index (χ0v) is 11.3. The van der Waals surface area contributed by atoms with Gasteiger partial charge < -0.3 is 10.4 Å². The summed E-state index contributed by atoms with van der Waals surface area (Å²) in [4.78, 5) is 22.9. The van der Waals surface area contributed by atoms with Gasteiger partial charge in [0, 0.05) is 11.6 Å². The van der Waals surface area contributed by atoms with Crippen LogP contribution in [0.15, 0.2) is 24.3 Å². The summed E-state index contributed by atoms with van der Waals surface area (Å²) >= 11 is 0. The Hall–Kier alpha value is -1.84. The van der Waals surface area contributed by atoms with Gasteiger partial charge in [0.05, 0.1) is 6.42 Å². The number of hydrogen-bond acceptors (Lipinski definition) is 2. The van der Waals surface area contributed by atoms with Crippen molar-refractivity contribution >= 4 is 17.6 Å². The van der Waals surface area contributed by atoms with Gasteiger partial charge in [-0.2, -0.15) is 0 Å². The molecule has 4 nitrogen and oxygen atoms in total. The van der Waals surface area contributed by atoms with Crippen molar-refractivity contribution in [3.63, 3.8) is 0 Å². The number of aliphatic carboxylic acids is 1. The van der Waals surface area contributed by atoms with E-state index in [4.69, 9.17) is 5.11 Å². The van der Waals surface area contributed by atoms with E-state index in [1.165, 1.54) is 25.7 Å². The van der Waals surface area contributed by atoms with E-state index in [1.807, 2.05) is 0 Å². The first kappa shape index (κ1) is 13.2. The molecule has 106 valence electrons. The first-order valence-electron chi connectivity index (χ1n) is 7.25. The lowest BCUT2D eigenvalue weighted by Crippen LogP contribution is -2.26. The predicted molar refractivity (Wildman–Crippen MR) is 75.3 cm³/mol. The second-order valence-electron chi connectivity index (χ2n) is 5.96. The van der Waals surface area contributed by atoms with Crippen molar-refractivity contribution in [2.24, 2.45) is 17.8 Å². The van der Waals surface area contributed by atoms with Gasteiger partial charge in [-0.05, 0) is 55.2 Å². The summed E-state index contributed by atoms with van der Waals surface area (Å²) in [7, 11) is 0. The molecule has 2 aliphatic rings.